The number of aromatic amines is 1. The first-order valence-corrected chi connectivity index (χ1v) is 7.48. The number of rotatable bonds is 3. The Hall–Kier alpha value is -1.92. The highest BCUT2D eigenvalue weighted by Crippen LogP contribution is 2.40. The number of carbonyl (C=O) groups is 2. The number of nitrogens with one attached hydrogen (secondary N) is 1. The molecule has 1 saturated heterocycles. The fourth-order valence-corrected chi connectivity index (χ4v) is 3.73. The summed E-state index contributed by atoms with van der Waals surface area (Å²) in [4.78, 5) is 29.8. The summed E-state index contributed by atoms with van der Waals surface area (Å²) in [6.45, 7) is 1.77. The first-order chi connectivity index (χ1) is 10.1. The Balaban J connectivity index is 1.79. The van der Waals surface area contributed by atoms with E-state index in [2.05, 4.69) is 15.2 Å². The summed E-state index contributed by atoms with van der Waals surface area (Å²) < 4.78 is 0. The van der Waals surface area contributed by atoms with Gasteiger partial charge in [-0.2, -0.15) is 5.10 Å². The molecule has 0 spiro atoms. The molecule has 0 bridgehead atoms. The molecule has 2 fully saturated rings. The number of fused-ring (bicyclic) bond motifs is 1. The predicted octanol–water partition coefficient (Wildman–Crippen LogP) is 0.900. The van der Waals surface area contributed by atoms with Crippen molar-refractivity contribution in [3.05, 3.63) is 11.6 Å². The highest BCUT2D eigenvalue weighted by atomic mass is 16.4. The standard InChI is InChI=1S/C14H20N4O3/c1-8-15-12(17-16-8)7-13(19)18-10-5-3-2-4-9(10)6-11(18)14(20)21/h9-11H,2-7H2,1H3,(H,20,21)(H,15,16,17)/t9-,10-,11+/m1/s1. The van der Waals surface area contributed by atoms with Gasteiger partial charge < -0.3 is 10.0 Å². The molecule has 0 radical (unpaired) electrons. The summed E-state index contributed by atoms with van der Waals surface area (Å²) in [5.41, 5.74) is 0. The van der Waals surface area contributed by atoms with Crippen LogP contribution in [0.5, 0.6) is 0 Å². The van der Waals surface area contributed by atoms with Gasteiger partial charge in [0.05, 0.1) is 6.42 Å². The number of carboxylic acid groups (broad SMARTS) is 1. The maximum Gasteiger partial charge on any atom is 0.326 e. The van der Waals surface area contributed by atoms with E-state index in [0.29, 0.717) is 24.0 Å². The number of hydrogen-bond donors (Lipinski definition) is 2. The number of carbonyl (C=O) groups excluding carboxylic acids is 1. The lowest BCUT2D eigenvalue weighted by molar-refractivity contribution is -0.149. The number of carboxylic acids is 1. The van der Waals surface area contributed by atoms with Crippen LogP contribution >= 0.6 is 0 Å². The highest BCUT2D eigenvalue weighted by Gasteiger charge is 2.47. The average molecular weight is 292 g/mol. The minimum absolute atomic E-state index is 0.0668. The molecule has 1 aromatic rings. The van der Waals surface area contributed by atoms with Crippen LogP contribution in [0.4, 0.5) is 0 Å². The quantitative estimate of drug-likeness (QED) is 0.862. The molecule has 2 aliphatic rings. The monoisotopic (exact) mass is 292 g/mol. The third kappa shape index (κ3) is 2.64. The summed E-state index contributed by atoms with van der Waals surface area (Å²) in [7, 11) is 0. The molecule has 3 atom stereocenters. The summed E-state index contributed by atoms with van der Waals surface area (Å²) in [6, 6.07) is -0.613. The maximum atomic E-state index is 12.6. The first-order valence-electron chi connectivity index (χ1n) is 7.48. The van der Waals surface area contributed by atoms with Crippen molar-refractivity contribution >= 4 is 11.9 Å². The zero-order chi connectivity index (χ0) is 15.0. The number of aryl methyl sites for hydroxylation is 1. The second kappa shape index (κ2) is 5.46. The Kier molecular flexibility index (Phi) is 3.65. The van der Waals surface area contributed by atoms with Crippen molar-refractivity contribution in [1.82, 2.24) is 20.1 Å². The number of amides is 1. The maximum absolute atomic E-state index is 12.6. The van der Waals surface area contributed by atoms with E-state index < -0.39 is 12.0 Å². The third-order valence-electron chi connectivity index (χ3n) is 4.61. The van der Waals surface area contributed by atoms with Gasteiger partial charge in [-0.15, -0.1) is 0 Å². The zero-order valence-corrected chi connectivity index (χ0v) is 12.1. The van der Waals surface area contributed by atoms with Gasteiger partial charge in [0.2, 0.25) is 5.91 Å². The summed E-state index contributed by atoms with van der Waals surface area (Å²) in [5.74, 6) is 0.350. The van der Waals surface area contributed by atoms with Crippen LogP contribution in [-0.2, 0) is 16.0 Å². The Morgan fingerprint density at radius 1 is 1.38 bits per heavy atom. The molecule has 1 aliphatic heterocycles. The topological polar surface area (TPSA) is 99.2 Å². The van der Waals surface area contributed by atoms with Crippen molar-refractivity contribution in [3.63, 3.8) is 0 Å². The van der Waals surface area contributed by atoms with E-state index in [-0.39, 0.29) is 18.4 Å². The molecule has 3 rings (SSSR count). The van der Waals surface area contributed by atoms with E-state index >= 15 is 0 Å². The van der Waals surface area contributed by atoms with Crippen LogP contribution in [0.1, 0.15) is 43.8 Å². The van der Waals surface area contributed by atoms with Crippen LogP contribution in [0.15, 0.2) is 0 Å². The fourth-order valence-electron chi connectivity index (χ4n) is 3.73. The van der Waals surface area contributed by atoms with Crippen LogP contribution in [0.2, 0.25) is 0 Å². The van der Waals surface area contributed by atoms with Crippen molar-refractivity contribution in [2.45, 2.75) is 57.5 Å². The van der Waals surface area contributed by atoms with Crippen LogP contribution in [0.3, 0.4) is 0 Å². The molecule has 7 nitrogen and oxygen atoms in total. The van der Waals surface area contributed by atoms with Crippen molar-refractivity contribution in [2.24, 2.45) is 5.92 Å². The minimum Gasteiger partial charge on any atom is -0.480 e. The first kappa shape index (κ1) is 14.0. The lowest BCUT2D eigenvalue weighted by Gasteiger charge is -2.32. The van der Waals surface area contributed by atoms with Crippen molar-refractivity contribution in [2.75, 3.05) is 0 Å². The second-order valence-electron chi connectivity index (χ2n) is 6.02. The predicted molar refractivity (Wildman–Crippen MR) is 73.5 cm³/mol. The van der Waals surface area contributed by atoms with E-state index in [1.807, 2.05) is 0 Å². The number of nitrogens with zero attached hydrogens (tertiary/aromatic N) is 3. The molecule has 114 valence electrons. The molecular formula is C14H20N4O3. The van der Waals surface area contributed by atoms with Crippen LogP contribution < -0.4 is 0 Å². The molecule has 1 aromatic heterocycles. The van der Waals surface area contributed by atoms with Gasteiger partial charge in [0.25, 0.3) is 0 Å². The summed E-state index contributed by atoms with van der Waals surface area (Å²) in [5, 5.41) is 16.1. The summed E-state index contributed by atoms with van der Waals surface area (Å²) in [6.07, 6.45) is 4.79. The van der Waals surface area contributed by atoms with E-state index in [0.717, 1.165) is 25.7 Å². The van der Waals surface area contributed by atoms with E-state index in [9.17, 15) is 14.7 Å². The van der Waals surface area contributed by atoms with Crippen LogP contribution in [-0.4, -0.2) is 49.1 Å². The van der Waals surface area contributed by atoms with Gasteiger partial charge in [0, 0.05) is 6.04 Å². The van der Waals surface area contributed by atoms with Crippen molar-refractivity contribution < 1.29 is 14.7 Å². The summed E-state index contributed by atoms with van der Waals surface area (Å²) >= 11 is 0. The molecule has 7 heteroatoms. The normalized spacial score (nSPS) is 28.4. The SMILES string of the molecule is Cc1nc(CC(=O)N2[C@@H]3CCCC[C@@H]3C[C@H]2C(=O)O)n[nH]1. The van der Waals surface area contributed by atoms with Gasteiger partial charge in [-0.05, 0) is 32.1 Å². The minimum atomic E-state index is -0.899. The van der Waals surface area contributed by atoms with Gasteiger partial charge in [-0.25, -0.2) is 9.78 Å². The number of aromatic nitrogens is 3. The van der Waals surface area contributed by atoms with Crippen LogP contribution in [0.25, 0.3) is 0 Å². The molecule has 1 amide bonds. The van der Waals surface area contributed by atoms with Gasteiger partial charge in [-0.3, -0.25) is 9.89 Å². The number of aliphatic carboxylic acids is 1. The average Bonchev–Trinajstić information content (AvgIpc) is 3.02. The van der Waals surface area contributed by atoms with Crippen molar-refractivity contribution in [1.29, 1.82) is 0 Å². The lowest BCUT2D eigenvalue weighted by Crippen LogP contribution is -2.47. The fraction of sp³-hybridized carbons (Fsp3) is 0.714. The number of hydrogen-bond acceptors (Lipinski definition) is 4. The van der Waals surface area contributed by atoms with Crippen molar-refractivity contribution in [3.8, 4) is 0 Å². The Morgan fingerprint density at radius 2 is 2.14 bits per heavy atom. The molecular weight excluding hydrogens is 272 g/mol. The Labute approximate surface area is 122 Å². The molecule has 0 aromatic carbocycles. The van der Waals surface area contributed by atoms with E-state index in [4.69, 9.17) is 0 Å². The van der Waals surface area contributed by atoms with Crippen LogP contribution in [0, 0.1) is 12.8 Å². The van der Waals surface area contributed by atoms with E-state index in [1.165, 1.54) is 0 Å². The van der Waals surface area contributed by atoms with Gasteiger partial charge in [0.15, 0.2) is 5.82 Å². The molecule has 1 saturated carbocycles. The zero-order valence-electron chi connectivity index (χ0n) is 12.1. The lowest BCUT2D eigenvalue weighted by atomic mass is 9.84. The van der Waals surface area contributed by atoms with E-state index in [1.54, 1.807) is 11.8 Å². The molecule has 0 unspecified atom stereocenters. The Morgan fingerprint density at radius 3 is 2.81 bits per heavy atom. The Bertz CT molecular complexity index is 556. The molecule has 21 heavy (non-hydrogen) atoms. The number of H-pyrrole nitrogens is 1. The molecule has 1 aliphatic carbocycles. The second-order valence-corrected chi connectivity index (χ2v) is 6.02. The smallest absolute Gasteiger partial charge is 0.326 e. The molecule has 2 N–H and O–H groups in total. The van der Waals surface area contributed by atoms with Gasteiger partial charge in [0.1, 0.15) is 11.9 Å². The third-order valence-corrected chi connectivity index (χ3v) is 4.61. The number of likely N-dealkylation sites (tertiary alicyclic amines) is 1. The largest absolute Gasteiger partial charge is 0.480 e. The molecule has 2 heterocycles. The van der Waals surface area contributed by atoms with Gasteiger partial charge >= 0.3 is 5.97 Å². The highest BCUT2D eigenvalue weighted by molar-refractivity contribution is 5.85. The van der Waals surface area contributed by atoms with Gasteiger partial charge in [-0.1, -0.05) is 12.8 Å².